The second kappa shape index (κ2) is 5.78. The summed E-state index contributed by atoms with van der Waals surface area (Å²) in [6.07, 6.45) is 0.533. The molecule has 0 heterocycles. The molecule has 1 aromatic carbocycles. The summed E-state index contributed by atoms with van der Waals surface area (Å²) in [6.45, 7) is 0.458. The van der Waals surface area contributed by atoms with Crippen LogP contribution in [0.3, 0.4) is 0 Å². The molecule has 0 spiro atoms. The summed E-state index contributed by atoms with van der Waals surface area (Å²) in [6, 6.07) is 3.52. The van der Waals surface area contributed by atoms with Gasteiger partial charge in [-0.1, -0.05) is 6.07 Å². The molecule has 1 atom stereocenters. The van der Waals surface area contributed by atoms with Crippen molar-refractivity contribution in [2.24, 2.45) is 0 Å². The van der Waals surface area contributed by atoms with Crippen molar-refractivity contribution in [3.8, 4) is 0 Å². The van der Waals surface area contributed by atoms with E-state index in [9.17, 15) is 8.78 Å². The molecule has 0 fully saturated rings. The fraction of sp³-hybridized carbons (Fsp3) is 0.455. The average molecular weight is 215 g/mol. The maximum absolute atomic E-state index is 13.4. The van der Waals surface area contributed by atoms with Crippen molar-refractivity contribution >= 4 is 0 Å². The van der Waals surface area contributed by atoms with E-state index in [0.29, 0.717) is 13.0 Å². The van der Waals surface area contributed by atoms with Crippen LogP contribution in [0, 0.1) is 11.6 Å². The van der Waals surface area contributed by atoms with Crippen LogP contribution in [0.15, 0.2) is 18.2 Å². The van der Waals surface area contributed by atoms with Gasteiger partial charge in [-0.05, 0) is 25.6 Å². The third-order valence-electron chi connectivity index (χ3n) is 2.31. The highest BCUT2D eigenvalue weighted by atomic mass is 19.1. The molecular weight excluding hydrogens is 200 g/mol. The van der Waals surface area contributed by atoms with Gasteiger partial charge in [0.2, 0.25) is 0 Å². The number of halogens is 2. The van der Waals surface area contributed by atoms with Crippen LogP contribution in [0.2, 0.25) is 0 Å². The van der Waals surface area contributed by atoms with Crippen LogP contribution < -0.4 is 5.32 Å². The largest absolute Gasteiger partial charge is 0.385 e. The lowest BCUT2D eigenvalue weighted by Gasteiger charge is -2.17. The number of nitrogens with one attached hydrogen (secondary N) is 1. The summed E-state index contributed by atoms with van der Waals surface area (Å²) in [5.74, 6) is -1.05. The first-order chi connectivity index (χ1) is 7.20. The van der Waals surface area contributed by atoms with E-state index in [4.69, 9.17) is 4.74 Å². The third-order valence-corrected chi connectivity index (χ3v) is 2.31. The third kappa shape index (κ3) is 2.97. The standard InChI is InChI=1S/C11H15F2NO/c1-14-10(6-7-15-2)11-8(12)4-3-5-9(11)13/h3-5,10,14H,6-7H2,1-2H3. The smallest absolute Gasteiger partial charge is 0.130 e. The fourth-order valence-corrected chi connectivity index (χ4v) is 1.51. The monoisotopic (exact) mass is 215 g/mol. The van der Waals surface area contributed by atoms with Gasteiger partial charge in [0.15, 0.2) is 0 Å². The summed E-state index contributed by atoms with van der Waals surface area (Å²) in [7, 11) is 3.23. The lowest BCUT2D eigenvalue weighted by Crippen LogP contribution is -2.20. The molecule has 0 amide bonds. The molecular formula is C11H15F2NO. The zero-order chi connectivity index (χ0) is 11.3. The van der Waals surface area contributed by atoms with E-state index in [-0.39, 0.29) is 11.6 Å². The maximum Gasteiger partial charge on any atom is 0.130 e. The van der Waals surface area contributed by atoms with E-state index in [1.54, 1.807) is 14.2 Å². The predicted molar refractivity (Wildman–Crippen MR) is 54.7 cm³/mol. The Morgan fingerprint density at radius 3 is 2.40 bits per heavy atom. The Balaban J connectivity index is 2.90. The SMILES string of the molecule is CNC(CCOC)c1c(F)cccc1F. The Hall–Kier alpha value is -1.00. The summed E-state index contributed by atoms with van der Waals surface area (Å²) in [5, 5.41) is 2.87. The molecule has 0 saturated carbocycles. The zero-order valence-corrected chi connectivity index (χ0v) is 8.89. The van der Waals surface area contributed by atoms with Gasteiger partial charge < -0.3 is 10.1 Å². The topological polar surface area (TPSA) is 21.3 Å². The molecule has 84 valence electrons. The predicted octanol–water partition coefficient (Wildman–Crippen LogP) is 2.26. The van der Waals surface area contributed by atoms with Crippen LogP contribution in [0.25, 0.3) is 0 Å². The number of ether oxygens (including phenoxy) is 1. The van der Waals surface area contributed by atoms with Gasteiger partial charge in [-0.25, -0.2) is 8.78 Å². The number of hydrogen-bond acceptors (Lipinski definition) is 2. The lowest BCUT2D eigenvalue weighted by atomic mass is 10.0. The van der Waals surface area contributed by atoms with Crippen molar-refractivity contribution in [2.75, 3.05) is 20.8 Å². The van der Waals surface area contributed by atoms with Crippen molar-refractivity contribution in [3.05, 3.63) is 35.4 Å². The average Bonchev–Trinajstić information content (AvgIpc) is 2.22. The summed E-state index contributed by atoms with van der Waals surface area (Å²) < 4.78 is 31.7. The van der Waals surface area contributed by atoms with Crippen LogP contribution in [-0.4, -0.2) is 20.8 Å². The molecule has 1 aromatic rings. The van der Waals surface area contributed by atoms with Crippen LogP contribution in [0.5, 0.6) is 0 Å². The van der Waals surface area contributed by atoms with Gasteiger partial charge in [-0.2, -0.15) is 0 Å². The quantitative estimate of drug-likeness (QED) is 0.813. The number of hydrogen-bond donors (Lipinski definition) is 1. The summed E-state index contributed by atoms with van der Waals surface area (Å²) in [4.78, 5) is 0. The molecule has 1 N–H and O–H groups in total. The van der Waals surface area contributed by atoms with Gasteiger partial charge in [0, 0.05) is 25.3 Å². The highest BCUT2D eigenvalue weighted by molar-refractivity contribution is 5.23. The van der Waals surface area contributed by atoms with Gasteiger partial charge in [-0.15, -0.1) is 0 Å². The minimum atomic E-state index is -0.523. The van der Waals surface area contributed by atoms with Gasteiger partial charge in [-0.3, -0.25) is 0 Å². The second-order valence-corrected chi connectivity index (χ2v) is 3.26. The lowest BCUT2D eigenvalue weighted by molar-refractivity contribution is 0.183. The molecule has 1 unspecified atom stereocenters. The van der Waals surface area contributed by atoms with Crippen molar-refractivity contribution < 1.29 is 13.5 Å². The van der Waals surface area contributed by atoms with Crippen molar-refractivity contribution in [3.63, 3.8) is 0 Å². The molecule has 0 aliphatic carbocycles. The molecule has 0 aliphatic heterocycles. The van der Waals surface area contributed by atoms with E-state index in [1.165, 1.54) is 18.2 Å². The number of rotatable bonds is 5. The Kier molecular flexibility index (Phi) is 4.65. The van der Waals surface area contributed by atoms with Crippen molar-refractivity contribution in [2.45, 2.75) is 12.5 Å². The normalized spacial score (nSPS) is 12.8. The maximum atomic E-state index is 13.4. The van der Waals surface area contributed by atoms with Crippen LogP contribution in [0.4, 0.5) is 8.78 Å². The Bertz CT molecular complexity index is 297. The molecule has 15 heavy (non-hydrogen) atoms. The number of methoxy groups -OCH3 is 1. The van der Waals surface area contributed by atoms with Crippen LogP contribution in [0.1, 0.15) is 18.0 Å². The first kappa shape index (κ1) is 12.1. The number of benzene rings is 1. The van der Waals surface area contributed by atoms with E-state index in [1.807, 2.05) is 0 Å². The van der Waals surface area contributed by atoms with E-state index in [2.05, 4.69) is 5.32 Å². The fourth-order valence-electron chi connectivity index (χ4n) is 1.51. The Morgan fingerprint density at radius 2 is 1.93 bits per heavy atom. The minimum Gasteiger partial charge on any atom is -0.385 e. The Labute approximate surface area is 88.3 Å². The van der Waals surface area contributed by atoms with Crippen LogP contribution in [-0.2, 0) is 4.74 Å². The molecule has 0 saturated heterocycles. The molecule has 0 aliphatic rings. The van der Waals surface area contributed by atoms with Crippen molar-refractivity contribution in [1.82, 2.24) is 5.32 Å². The second-order valence-electron chi connectivity index (χ2n) is 3.26. The summed E-state index contributed by atoms with van der Waals surface area (Å²) in [5.41, 5.74) is 0.0806. The molecule has 2 nitrogen and oxygen atoms in total. The first-order valence-corrected chi connectivity index (χ1v) is 4.80. The molecule has 0 radical (unpaired) electrons. The van der Waals surface area contributed by atoms with E-state index in [0.717, 1.165) is 0 Å². The minimum absolute atomic E-state index is 0.0806. The van der Waals surface area contributed by atoms with Gasteiger partial charge >= 0.3 is 0 Å². The van der Waals surface area contributed by atoms with E-state index < -0.39 is 11.6 Å². The Morgan fingerprint density at radius 1 is 1.33 bits per heavy atom. The van der Waals surface area contributed by atoms with Crippen molar-refractivity contribution in [1.29, 1.82) is 0 Å². The van der Waals surface area contributed by atoms with Gasteiger partial charge in [0.25, 0.3) is 0 Å². The summed E-state index contributed by atoms with van der Waals surface area (Å²) >= 11 is 0. The zero-order valence-electron chi connectivity index (χ0n) is 8.89. The molecule has 1 rings (SSSR count). The highest BCUT2D eigenvalue weighted by Gasteiger charge is 2.17. The van der Waals surface area contributed by atoms with Crippen LogP contribution >= 0.6 is 0 Å². The molecule has 0 aromatic heterocycles. The molecule has 4 heteroatoms. The molecule has 0 bridgehead atoms. The highest BCUT2D eigenvalue weighted by Crippen LogP contribution is 2.22. The first-order valence-electron chi connectivity index (χ1n) is 4.80. The van der Waals surface area contributed by atoms with E-state index >= 15 is 0 Å². The van der Waals surface area contributed by atoms with Gasteiger partial charge in [0.05, 0.1) is 0 Å². The van der Waals surface area contributed by atoms with Gasteiger partial charge in [0.1, 0.15) is 11.6 Å².